The second-order valence-corrected chi connectivity index (χ2v) is 5.49. The van der Waals surface area contributed by atoms with Crippen LogP contribution in [0.15, 0.2) is 22.7 Å². The molecule has 0 radical (unpaired) electrons. The predicted octanol–water partition coefficient (Wildman–Crippen LogP) is 3.58. The molecule has 0 aliphatic heterocycles. The van der Waals surface area contributed by atoms with Crippen molar-refractivity contribution in [3.63, 3.8) is 0 Å². The van der Waals surface area contributed by atoms with Gasteiger partial charge >= 0.3 is 0 Å². The van der Waals surface area contributed by atoms with E-state index < -0.39 is 0 Å². The maximum Gasteiger partial charge on any atom is 0.0501 e. The van der Waals surface area contributed by atoms with Crippen molar-refractivity contribution in [2.45, 2.75) is 27.2 Å². The summed E-state index contributed by atoms with van der Waals surface area (Å²) in [6, 6.07) is 6.20. The number of benzene rings is 1. The van der Waals surface area contributed by atoms with Gasteiger partial charge < -0.3 is 10.4 Å². The maximum absolute atomic E-state index is 9.31. The molecular weight excluding hydrogens is 266 g/mol. The second kappa shape index (κ2) is 5.69. The molecule has 0 saturated heterocycles. The molecule has 0 bridgehead atoms. The van der Waals surface area contributed by atoms with Gasteiger partial charge in [-0.25, -0.2) is 0 Å². The summed E-state index contributed by atoms with van der Waals surface area (Å²) in [6.07, 6.45) is 0.964. The summed E-state index contributed by atoms with van der Waals surface area (Å²) in [5.41, 5.74) is 2.28. The number of rotatable bonds is 5. The van der Waals surface area contributed by atoms with Crippen molar-refractivity contribution in [3.8, 4) is 0 Å². The Balaban J connectivity index is 2.64. The molecule has 1 rings (SSSR count). The Morgan fingerprint density at radius 1 is 1.44 bits per heavy atom. The normalized spacial score (nSPS) is 14.6. The number of aliphatic hydroxyl groups is 1. The Morgan fingerprint density at radius 3 is 2.62 bits per heavy atom. The first-order valence-corrected chi connectivity index (χ1v) is 6.41. The van der Waals surface area contributed by atoms with Crippen LogP contribution in [-0.4, -0.2) is 18.3 Å². The molecule has 2 nitrogen and oxygen atoms in total. The van der Waals surface area contributed by atoms with Crippen LogP contribution in [0.4, 0.5) is 5.69 Å². The Bertz CT molecular complexity index is 348. The third-order valence-electron chi connectivity index (χ3n) is 3.11. The van der Waals surface area contributed by atoms with Crippen molar-refractivity contribution in [3.05, 3.63) is 28.2 Å². The average Bonchev–Trinajstić information content (AvgIpc) is 2.30. The van der Waals surface area contributed by atoms with Gasteiger partial charge in [-0.1, -0.05) is 29.8 Å². The molecule has 90 valence electrons. The Hall–Kier alpha value is -0.540. The summed E-state index contributed by atoms with van der Waals surface area (Å²) in [7, 11) is 0. The lowest BCUT2D eigenvalue weighted by molar-refractivity contribution is 0.149. The number of halogens is 1. The standard InChI is InChI=1S/C13H20BrNO/c1-4-13(3,9-16)8-15-11-5-6-12(14)10(2)7-11/h5-7,15-16H,4,8-9H2,1-3H3. The summed E-state index contributed by atoms with van der Waals surface area (Å²) in [6.45, 7) is 7.27. The van der Waals surface area contributed by atoms with Crippen LogP contribution in [0.5, 0.6) is 0 Å². The topological polar surface area (TPSA) is 32.3 Å². The lowest BCUT2D eigenvalue weighted by Gasteiger charge is -2.26. The fourth-order valence-corrected chi connectivity index (χ4v) is 1.61. The molecule has 1 unspecified atom stereocenters. The van der Waals surface area contributed by atoms with Gasteiger partial charge in [-0.05, 0) is 37.1 Å². The van der Waals surface area contributed by atoms with Crippen LogP contribution in [0, 0.1) is 12.3 Å². The van der Waals surface area contributed by atoms with Crippen molar-refractivity contribution in [1.82, 2.24) is 0 Å². The summed E-state index contributed by atoms with van der Waals surface area (Å²) in [5, 5.41) is 12.7. The fraction of sp³-hybridized carbons (Fsp3) is 0.538. The van der Waals surface area contributed by atoms with Crippen molar-refractivity contribution < 1.29 is 5.11 Å². The summed E-state index contributed by atoms with van der Waals surface area (Å²) >= 11 is 3.48. The van der Waals surface area contributed by atoms with Gasteiger partial charge in [0.2, 0.25) is 0 Å². The first-order valence-electron chi connectivity index (χ1n) is 5.61. The van der Waals surface area contributed by atoms with E-state index in [1.54, 1.807) is 0 Å². The van der Waals surface area contributed by atoms with Gasteiger partial charge in [0.05, 0.1) is 6.61 Å². The van der Waals surface area contributed by atoms with E-state index in [0.717, 1.165) is 23.1 Å². The van der Waals surface area contributed by atoms with E-state index in [1.807, 2.05) is 12.1 Å². The van der Waals surface area contributed by atoms with E-state index >= 15 is 0 Å². The summed E-state index contributed by atoms with van der Waals surface area (Å²) in [5.74, 6) is 0. The maximum atomic E-state index is 9.31. The molecule has 0 aromatic heterocycles. The Morgan fingerprint density at radius 2 is 2.12 bits per heavy atom. The molecule has 0 spiro atoms. The van der Waals surface area contributed by atoms with Crippen LogP contribution in [0.3, 0.4) is 0 Å². The second-order valence-electron chi connectivity index (χ2n) is 4.64. The lowest BCUT2D eigenvalue weighted by Crippen LogP contribution is -2.29. The lowest BCUT2D eigenvalue weighted by atomic mass is 9.88. The molecule has 1 aromatic rings. The molecule has 3 heteroatoms. The minimum atomic E-state index is -0.0407. The molecule has 2 N–H and O–H groups in total. The number of anilines is 1. The Labute approximate surface area is 106 Å². The SMILES string of the molecule is CCC(C)(CO)CNc1ccc(Br)c(C)c1. The molecule has 0 amide bonds. The molecule has 0 saturated carbocycles. The highest BCUT2D eigenvalue weighted by Crippen LogP contribution is 2.23. The number of hydrogen-bond acceptors (Lipinski definition) is 2. The number of nitrogens with one attached hydrogen (secondary N) is 1. The van der Waals surface area contributed by atoms with Crippen LogP contribution in [-0.2, 0) is 0 Å². The van der Waals surface area contributed by atoms with E-state index in [-0.39, 0.29) is 12.0 Å². The van der Waals surface area contributed by atoms with Crippen molar-refractivity contribution in [2.75, 3.05) is 18.5 Å². The molecule has 1 aromatic carbocycles. The molecule has 1 atom stereocenters. The third-order valence-corrected chi connectivity index (χ3v) is 4.00. The first-order chi connectivity index (χ1) is 7.50. The number of aliphatic hydroxyl groups excluding tert-OH is 1. The van der Waals surface area contributed by atoms with Gasteiger partial charge in [0, 0.05) is 22.1 Å². The van der Waals surface area contributed by atoms with E-state index in [0.29, 0.717) is 0 Å². The molecule has 16 heavy (non-hydrogen) atoms. The zero-order valence-electron chi connectivity index (χ0n) is 10.2. The van der Waals surface area contributed by atoms with Gasteiger partial charge in [-0.3, -0.25) is 0 Å². The highest BCUT2D eigenvalue weighted by atomic mass is 79.9. The van der Waals surface area contributed by atoms with Gasteiger partial charge in [0.25, 0.3) is 0 Å². The van der Waals surface area contributed by atoms with Gasteiger partial charge in [-0.2, -0.15) is 0 Å². The molecule has 0 fully saturated rings. The highest BCUT2D eigenvalue weighted by Gasteiger charge is 2.20. The van der Waals surface area contributed by atoms with Crippen LogP contribution in [0.1, 0.15) is 25.8 Å². The number of aryl methyl sites for hydroxylation is 1. The zero-order valence-corrected chi connectivity index (χ0v) is 11.8. The van der Waals surface area contributed by atoms with Crippen LogP contribution in [0.25, 0.3) is 0 Å². The van der Waals surface area contributed by atoms with Crippen LogP contribution < -0.4 is 5.32 Å². The van der Waals surface area contributed by atoms with E-state index in [9.17, 15) is 5.11 Å². The largest absolute Gasteiger partial charge is 0.396 e. The summed E-state index contributed by atoms with van der Waals surface area (Å²) < 4.78 is 1.12. The van der Waals surface area contributed by atoms with Gasteiger partial charge in [0.1, 0.15) is 0 Å². The third kappa shape index (κ3) is 3.49. The van der Waals surface area contributed by atoms with Crippen molar-refractivity contribution >= 4 is 21.6 Å². The monoisotopic (exact) mass is 285 g/mol. The van der Waals surface area contributed by atoms with E-state index in [2.05, 4.69) is 48.1 Å². The fourth-order valence-electron chi connectivity index (χ4n) is 1.36. The smallest absolute Gasteiger partial charge is 0.0501 e. The predicted molar refractivity (Wildman–Crippen MR) is 72.9 cm³/mol. The minimum Gasteiger partial charge on any atom is -0.396 e. The van der Waals surface area contributed by atoms with Gasteiger partial charge in [0.15, 0.2) is 0 Å². The molecule has 0 heterocycles. The van der Waals surface area contributed by atoms with Crippen molar-refractivity contribution in [2.24, 2.45) is 5.41 Å². The van der Waals surface area contributed by atoms with Crippen LogP contribution in [0.2, 0.25) is 0 Å². The minimum absolute atomic E-state index is 0.0407. The average molecular weight is 286 g/mol. The summed E-state index contributed by atoms with van der Waals surface area (Å²) in [4.78, 5) is 0. The Kier molecular flexibility index (Phi) is 4.81. The zero-order chi connectivity index (χ0) is 12.2. The molecule has 0 aliphatic carbocycles. The van der Waals surface area contributed by atoms with E-state index in [4.69, 9.17) is 0 Å². The highest BCUT2D eigenvalue weighted by molar-refractivity contribution is 9.10. The van der Waals surface area contributed by atoms with Crippen LogP contribution >= 0.6 is 15.9 Å². The van der Waals surface area contributed by atoms with E-state index in [1.165, 1.54) is 5.56 Å². The number of hydrogen-bond donors (Lipinski definition) is 2. The molecule has 0 aliphatic rings. The van der Waals surface area contributed by atoms with Crippen molar-refractivity contribution in [1.29, 1.82) is 0 Å². The quantitative estimate of drug-likeness (QED) is 0.867. The molecular formula is C13H20BrNO. The van der Waals surface area contributed by atoms with Gasteiger partial charge in [-0.15, -0.1) is 0 Å². The first kappa shape index (κ1) is 13.5.